The predicted molar refractivity (Wildman–Crippen MR) is 80.5 cm³/mol. The minimum atomic E-state index is -0.823. The molecule has 6 atom stereocenters. The highest BCUT2D eigenvalue weighted by molar-refractivity contribution is 5.60. The van der Waals surface area contributed by atoms with Crippen molar-refractivity contribution in [2.24, 2.45) is 23.7 Å². The fourth-order valence-corrected chi connectivity index (χ4v) is 4.24. The molecular formula is C17H26O4. The second-order valence-corrected chi connectivity index (χ2v) is 6.21. The Kier molecular flexibility index (Phi) is 4.59. The Labute approximate surface area is 127 Å². The van der Waals surface area contributed by atoms with Crippen LogP contribution in [0.2, 0.25) is 0 Å². The highest BCUT2D eigenvalue weighted by Gasteiger charge is 2.64. The van der Waals surface area contributed by atoms with E-state index in [1.54, 1.807) is 7.11 Å². The van der Waals surface area contributed by atoms with Crippen molar-refractivity contribution in [3.05, 3.63) is 24.5 Å². The number of carbonyl (C=O) groups excluding carboxylic acids is 1. The lowest BCUT2D eigenvalue weighted by molar-refractivity contribution is -0.321. The lowest BCUT2D eigenvalue weighted by atomic mass is 9.55. The summed E-state index contributed by atoms with van der Waals surface area (Å²) in [5.41, 5.74) is 0.166. The van der Waals surface area contributed by atoms with E-state index in [0.29, 0.717) is 12.4 Å². The fourth-order valence-electron chi connectivity index (χ4n) is 4.24. The molecule has 0 radical (unpaired) electrons. The lowest BCUT2D eigenvalue weighted by Gasteiger charge is -2.60. The minimum Gasteiger partial charge on any atom is -0.496 e. The summed E-state index contributed by atoms with van der Waals surface area (Å²) in [6.45, 7) is 14.6. The Balaban J connectivity index is 2.52. The molecule has 2 saturated heterocycles. The molecule has 3 aliphatic rings. The third-order valence-electron chi connectivity index (χ3n) is 5.06. The second-order valence-electron chi connectivity index (χ2n) is 6.21. The number of fused-ring (bicyclic) bond motifs is 3. The Hall–Kier alpha value is -1.13. The van der Waals surface area contributed by atoms with Crippen LogP contribution < -0.4 is 0 Å². The van der Waals surface area contributed by atoms with E-state index >= 15 is 0 Å². The quantitative estimate of drug-likeness (QED) is 0.429. The summed E-state index contributed by atoms with van der Waals surface area (Å²) < 4.78 is 17.4. The van der Waals surface area contributed by atoms with E-state index in [9.17, 15) is 4.79 Å². The van der Waals surface area contributed by atoms with Crippen LogP contribution in [-0.4, -0.2) is 31.9 Å². The van der Waals surface area contributed by atoms with Crippen LogP contribution in [-0.2, 0) is 19.0 Å². The number of hydrogen-bond donors (Lipinski definition) is 0. The van der Waals surface area contributed by atoms with E-state index in [0.717, 1.165) is 18.3 Å². The number of hydrogen-bond acceptors (Lipinski definition) is 4. The number of methoxy groups -OCH3 is 1. The van der Waals surface area contributed by atoms with Crippen molar-refractivity contribution < 1.29 is 19.0 Å². The van der Waals surface area contributed by atoms with Crippen molar-refractivity contribution in [1.82, 2.24) is 0 Å². The fraction of sp³-hybridized carbons (Fsp3) is 0.706. The molecular weight excluding hydrogens is 268 g/mol. The van der Waals surface area contributed by atoms with Gasteiger partial charge in [-0.25, -0.2) is 0 Å². The zero-order valence-corrected chi connectivity index (χ0v) is 13.4. The van der Waals surface area contributed by atoms with Gasteiger partial charge in [-0.1, -0.05) is 25.7 Å². The summed E-state index contributed by atoms with van der Waals surface area (Å²) in [5, 5.41) is 0. The van der Waals surface area contributed by atoms with E-state index in [-0.39, 0.29) is 30.0 Å². The molecule has 2 bridgehead atoms. The van der Waals surface area contributed by atoms with Crippen LogP contribution in [0.15, 0.2) is 24.5 Å². The zero-order valence-electron chi connectivity index (χ0n) is 13.4. The maximum atomic E-state index is 11.9. The molecule has 1 saturated carbocycles. The lowest BCUT2D eigenvalue weighted by Crippen LogP contribution is -2.66. The summed E-state index contributed by atoms with van der Waals surface area (Å²) >= 11 is 0. The molecule has 0 aromatic heterocycles. The van der Waals surface area contributed by atoms with Gasteiger partial charge in [0.25, 0.3) is 0 Å². The van der Waals surface area contributed by atoms with E-state index in [1.807, 2.05) is 13.8 Å². The summed E-state index contributed by atoms with van der Waals surface area (Å²) in [6.07, 6.45) is 1.54. The molecule has 2 aliphatic heterocycles. The maximum absolute atomic E-state index is 11.9. The second kappa shape index (κ2) is 5.93. The normalized spacial score (nSPS) is 41.6. The van der Waals surface area contributed by atoms with E-state index in [4.69, 9.17) is 14.2 Å². The van der Waals surface area contributed by atoms with Crippen LogP contribution >= 0.6 is 0 Å². The van der Waals surface area contributed by atoms with Crippen molar-refractivity contribution in [3.63, 3.8) is 0 Å². The van der Waals surface area contributed by atoms with E-state index in [1.165, 1.54) is 0 Å². The van der Waals surface area contributed by atoms with Gasteiger partial charge in [0.2, 0.25) is 0 Å². The third kappa shape index (κ3) is 2.25. The molecule has 118 valence electrons. The Morgan fingerprint density at radius 1 is 1.48 bits per heavy atom. The van der Waals surface area contributed by atoms with Crippen LogP contribution in [0.1, 0.15) is 27.2 Å². The van der Waals surface area contributed by atoms with Crippen LogP contribution in [0.4, 0.5) is 0 Å². The molecule has 0 amide bonds. The van der Waals surface area contributed by atoms with Crippen LogP contribution in [0, 0.1) is 23.7 Å². The Morgan fingerprint density at radius 3 is 2.62 bits per heavy atom. The first kappa shape index (κ1) is 16.2. The van der Waals surface area contributed by atoms with Crippen LogP contribution in [0.3, 0.4) is 0 Å². The number of aldehydes is 1. The SMILES string of the molecule is C=C(C)[C@@H]1[C@@H]2C[C@@H](C)[C@@](C(=C)OCC)(OC2OC)[C@H]1C=O. The van der Waals surface area contributed by atoms with Crippen molar-refractivity contribution in [2.75, 3.05) is 13.7 Å². The van der Waals surface area contributed by atoms with Crippen molar-refractivity contribution in [1.29, 1.82) is 0 Å². The molecule has 4 heteroatoms. The van der Waals surface area contributed by atoms with E-state index in [2.05, 4.69) is 20.1 Å². The summed E-state index contributed by atoms with van der Waals surface area (Å²) in [5.74, 6) is 0.539. The number of carbonyl (C=O) groups is 1. The monoisotopic (exact) mass is 294 g/mol. The molecule has 3 rings (SSSR count). The largest absolute Gasteiger partial charge is 0.496 e. The molecule has 0 aromatic rings. The van der Waals surface area contributed by atoms with Crippen molar-refractivity contribution in [3.8, 4) is 0 Å². The average molecular weight is 294 g/mol. The Morgan fingerprint density at radius 2 is 2.14 bits per heavy atom. The molecule has 2 heterocycles. The van der Waals surface area contributed by atoms with Gasteiger partial charge in [0.1, 0.15) is 17.6 Å². The van der Waals surface area contributed by atoms with Gasteiger partial charge in [-0.2, -0.15) is 0 Å². The standard InChI is InChI=1S/C17H26O4/c1-7-20-12(5)17-11(4)8-13(16(19-6)21-17)15(10(2)3)14(17)9-18/h9,11,13-16H,2,5,7-8H2,1,3-4,6H3/t11-,13+,14+,15-,16?,17+/m1/s1. The molecule has 0 spiro atoms. The van der Waals surface area contributed by atoms with Gasteiger partial charge in [-0.15, -0.1) is 0 Å². The molecule has 21 heavy (non-hydrogen) atoms. The van der Waals surface area contributed by atoms with E-state index < -0.39 is 5.60 Å². The first-order valence-electron chi connectivity index (χ1n) is 7.57. The van der Waals surface area contributed by atoms with Gasteiger partial charge in [0.15, 0.2) is 6.29 Å². The summed E-state index contributed by atoms with van der Waals surface area (Å²) in [6, 6.07) is 0. The van der Waals surface area contributed by atoms with Gasteiger partial charge in [0.05, 0.1) is 12.5 Å². The third-order valence-corrected chi connectivity index (χ3v) is 5.06. The topological polar surface area (TPSA) is 44.8 Å². The number of rotatable bonds is 6. The molecule has 0 N–H and O–H groups in total. The first-order valence-corrected chi connectivity index (χ1v) is 7.57. The molecule has 4 nitrogen and oxygen atoms in total. The molecule has 3 fully saturated rings. The van der Waals surface area contributed by atoms with Gasteiger partial charge < -0.3 is 19.0 Å². The highest BCUT2D eigenvalue weighted by atomic mass is 16.7. The summed E-state index contributed by atoms with van der Waals surface area (Å²) in [4.78, 5) is 11.9. The molecule has 1 unspecified atom stereocenters. The smallest absolute Gasteiger partial charge is 0.162 e. The van der Waals surface area contributed by atoms with Gasteiger partial charge in [-0.05, 0) is 32.1 Å². The highest BCUT2D eigenvalue weighted by Crippen LogP contribution is 2.58. The predicted octanol–water partition coefficient (Wildman–Crippen LogP) is 2.94. The van der Waals surface area contributed by atoms with Crippen molar-refractivity contribution in [2.45, 2.75) is 39.1 Å². The van der Waals surface area contributed by atoms with Crippen LogP contribution in [0.5, 0.6) is 0 Å². The average Bonchev–Trinajstić information content (AvgIpc) is 2.46. The van der Waals surface area contributed by atoms with Crippen molar-refractivity contribution >= 4 is 6.29 Å². The maximum Gasteiger partial charge on any atom is 0.162 e. The molecule has 1 aliphatic carbocycles. The van der Waals surface area contributed by atoms with Gasteiger partial charge in [0, 0.05) is 13.0 Å². The molecule has 0 aromatic carbocycles. The zero-order chi connectivity index (χ0) is 15.8. The minimum absolute atomic E-state index is 0.0367. The summed E-state index contributed by atoms with van der Waals surface area (Å²) in [7, 11) is 1.64. The van der Waals surface area contributed by atoms with Gasteiger partial charge >= 0.3 is 0 Å². The first-order chi connectivity index (χ1) is 9.93. The number of allylic oxidation sites excluding steroid dienone is 1. The van der Waals surface area contributed by atoms with Gasteiger partial charge in [-0.3, -0.25) is 0 Å². The van der Waals surface area contributed by atoms with Crippen LogP contribution in [0.25, 0.3) is 0 Å². The number of ether oxygens (including phenoxy) is 3. The Bertz CT molecular complexity index is 444.